The number of hydrogen-bond donors (Lipinski definition) is 1. The number of likely N-dealkylation sites (N-methyl/N-ethyl adjacent to an activating group) is 1. The Morgan fingerprint density at radius 1 is 1.45 bits per heavy atom. The Hall–Kier alpha value is -1.00. The van der Waals surface area contributed by atoms with Gasteiger partial charge in [-0.2, -0.15) is 0 Å². The van der Waals surface area contributed by atoms with E-state index in [1.54, 1.807) is 19.4 Å². The van der Waals surface area contributed by atoms with E-state index in [2.05, 4.69) is 24.1 Å². The number of methoxy groups -OCH3 is 1. The predicted octanol–water partition coefficient (Wildman–Crippen LogP) is 3.47. The zero-order valence-electron chi connectivity index (χ0n) is 12.7. The van der Waals surface area contributed by atoms with Gasteiger partial charge in [0.2, 0.25) is 0 Å². The van der Waals surface area contributed by atoms with Crippen LogP contribution in [-0.2, 0) is 4.74 Å². The third-order valence-electron chi connectivity index (χ3n) is 4.52. The van der Waals surface area contributed by atoms with Crippen LogP contribution in [0, 0.1) is 11.7 Å². The first-order chi connectivity index (χ1) is 9.61. The lowest BCUT2D eigenvalue weighted by Gasteiger charge is -2.44. The summed E-state index contributed by atoms with van der Waals surface area (Å²) in [6, 6.07) is 1.56. The monoisotopic (exact) mass is 280 g/mol. The van der Waals surface area contributed by atoms with E-state index in [0.717, 1.165) is 43.7 Å². The first kappa shape index (κ1) is 15.4. The van der Waals surface area contributed by atoms with E-state index >= 15 is 0 Å². The van der Waals surface area contributed by atoms with E-state index in [0.29, 0.717) is 0 Å². The third kappa shape index (κ3) is 3.18. The van der Waals surface area contributed by atoms with Crippen LogP contribution >= 0.6 is 0 Å². The molecule has 1 fully saturated rings. The van der Waals surface area contributed by atoms with E-state index in [1.165, 1.54) is 6.20 Å². The minimum Gasteiger partial charge on any atom is -0.376 e. The molecule has 1 aliphatic rings. The maximum absolute atomic E-state index is 13.5. The quantitative estimate of drug-likeness (QED) is 0.897. The molecule has 20 heavy (non-hydrogen) atoms. The smallest absolute Gasteiger partial charge is 0.141 e. The van der Waals surface area contributed by atoms with Crippen LogP contribution in [0.25, 0.3) is 0 Å². The van der Waals surface area contributed by atoms with Crippen LogP contribution in [0.3, 0.4) is 0 Å². The summed E-state index contributed by atoms with van der Waals surface area (Å²) in [5.41, 5.74) is 0.626. The molecule has 0 radical (unpaired) electrons. The van der Waals surface area contributed by atoms with Crippen molar-refractivity contribution in [1.29, 1.82) is 0 Å². The van der Waals surface area contributed by atoms with Gasteiger partial charge in [0.05, 0.1) is 17.8 Å². The lowest BCUT2D eigenvalue weighted by Crippen LogP contribution is -2.48. The summed E-state index contributed by atoms with van der Waals surface area (Å²) in [5, 5.41) is 3.47. The number of ether oxygens (including phenoxy) is 1. The standard InChI is InChI=1S/C16H25FN2O/c1-4-19-15(13-9-14(17)11-18-10-13)16(20-3)7-5-12(2)6-8-16/h9-12,15,19H,4-8H2,1-3H3. The molecule has 1 unspecified atom stereocenters. The van der Waals surface area contributed by atoms with Crippen LogP contribution in [-0.4, -0.2) is 24.2 Å². The average Bonchev–Trinajstić information content (AvgIpc) is 2.46. The Morgan fingerprint density at radius 3 is 2.70 bits per heavy atom. The van der Waals surface area contributed by atoms with Gasteiger partial charge in [0.25, 0.3) is 0 Å². The fraction of sp³-hybridized carbons (Fsp3) is 0.688. The van der Waals surface area contributed by atoms with Crippen LogP contribution in [0.1, 0.15) is 51.1 Å². The van der Waals surface area contributed by atoms with Gasteiger partial charge in [-0.05, 0) is 49.8 Å². The van der Waals surface area contributed by atoms with E-state index in [-0.39, 0.29) is 17.5 Å². The average molecular weight is 280 g/mol. The van der Waals surface area contributed by atoms with E-state index in [4.69, 9.17) is 4.74 Å². The largest absolute Gasteiger partial charge is 0.376 e. The highest BCUT2D eigenvalue weighted by molar-refractivity contribution is 5.20. The van der Waals surface area contributed by atoms with Gasteiger partial charge in [0.1, 0.15) is 5.82 Å². The molecule has 1 aromatic rings. The summed E-state index contributed by atoms with van der Waals surface area (Å²) in [5.74, 6) is 0.451. The van der Waals surface area contributed by atoms with Crippen molar-refractivity contribution in [2.45, 2.75) is 51.2 Å². The molecule has 1 atom stereocenters. The zero-order chi connectivity index (χ0) is 14.6. The van der Waals surface area contributed by atoms with Gasteiger partial charge >= 0.3 is 0 Å². The van der Waals surface area contributed by atoms with Crippen LogP contribution in [0.2, 0.25) is 0 Å². The Bertz CT molecular complexity index is 430. The Morgan fingerprint density at radius 2 is 2.15 bits per heavy atom. The summed E-state index contributed by atoms with van der Waals surface area (Å²) < 4.78 is 19.4. The highest BCUT2D eigenvalue weighted by Gasteiger charge is 2.42. The summed E-state index contributed by atoms with van der Waals surface area (Å²) in [7, 11) is 1.77. The predicted molar refractivity (Wildman–Crippen MR) is 78.0 cm³/mol. The molecule has 1 aromatic heterocycles. The minimum absolute atomic E-state index is 0.00630. The molecule has 0 bridgehead atoms. The number of pyridine rings is 1. The van der Waals surface area contributed by atoms with Crippen molar-refractivity contribution < 1.29 is 9.13 Å². The van der Waals surface area contributed by atoms with Crippen molar-refractivity contribution in [1.82, 2.24) is 10.3 Å². The molecule has 4 heteroatoms. The molecule has 1 N–H and O–H groups in total. The lowest BCUT2D eigenvalue weighted by atomic mass is 9.73. The van der Waals surface area contributed by atoms with Crippen LogP contribution in [0.15, 0.2) is 18.5 Å². The highest BCUT2D eigenvalue weighted by Crippen LogP contribution is 2.42. The number of aromatic nitrogens is 1. The molecule has 1 heterocycles. The van der Waals surface area contributed by atoms with Gasteiger partial charge in [-0.3, -0.25) is 4.98 Å². The number of hydrogen-bond acceptors (Lipinski definition) is 3. The molecule has 1 aliphatic carbocycles. The SMILES string of the molecule is CCNC(c1cncc(F)c1)C1(OC)CCC(C)CC1. The van der Waals surface area contributed by atoms with Crippen molar-refractivity contribution in [3.8, 4) is 0 Å². The molecule has 0 spiro atoms. The summed E-state index contributed by atoms with van der Waals surface area (Å²) in [6.45, 7) is 5.17. The Kier molecular flexibility index (Phi) is 5.11. The molecule has 2 rings (SSSR count). The van der Waals surface area contributed by atoms with Gasteiger partial charge in [0.15, 0.2) is 0 Å². The van der Waals surface area contributed by atoms with Crippen molar-refractivity contribution in [3.05, 3.63) is 29.8 Å². The minimum atomic E-state index is -0.291. The summed E-state index contributed by atoms with van der Waals surface area (Å²) >= 11 is 0. The number of halogens is 1. The van der Waals surface area contributed by atoms with Gasteiger partial charge in [0, 0.05) is 13.3 Å². The molecule has 3 nitrogen and oxygen atoms in total. The Balaban J connectivity index is 2.30. The molecular formula is C16H25FN2O. The fourth-order valence-electron chi connectivity index (χ4n) is 3.26. The van der Waals surface area contributed by atoms with Crippen molar-refractivity contribution in [3.63, 3.8) is 0 Å². The molecule has 0 saturated heterocycles. The molecule has 1 saturated carbocycles. The second kappa shape index (κ2) is 6.64. The molecule has 112 valence electrons. The maximum Gasteiger partial charge on any atom is 0.141 e. The van der Waals surface area contributed by atoms with Crippen molar-refractivity contribution in [2.24, 2.45) is 5.92 Å². The van der Waals surface area contributed by atoms with Crippen LogP contribution in [0.5, 0.6) is 0 Å². The van der Waals surface area contributed by atoms with E-state index < -0.39 is 0 Å². The molecule has 0 aromatic carbocycles. The summed E-state index contributed by atoms with van der Waals surface area (Å²) in [4.78, 5) is 3.99. The van der Waals surface area contributed by atoms with Gasteiger partial charge < -0.3 is 10.1 Å². The highest BCUT2D eigenvalue weighted by atomic mass is 19.1. The van der Waals surface area contributed by atoms with E-state index in [9.17, 15) is 4.39 Å². The van der Waals surface area contributed by atoms with Crippen LogP contribution < -0.4 is 5.32 Å². The van der Waals surface area contributed by atoms with Crippen molar-refractivity contribution >= 4 is 0 Å². The number of rotatable bonds is 5. The topological polar surface area (TPSA) is 34.2 Å². The Labute approximate surface area is 120 Å². The lowest BCUT2D eigenvalue weighted by molar-refractivity contribution is -0.0758. The summed E-state index contributed by atoms with van der Waals surface area (Å²) in [6.07, 6.45) is 7.29. The second-order valence-electron chi connectivity index (χ2n) is 5.88. The number of nitrogens with zero attached hydrogens (tertiary/aromatic N) is 1. The fourth-order valence-corrected chi connectivity index (χ4v) is 3.26. The first-order valence-electron chi connectivity index (χ1n) is 7.50. The zero-order valence-corrected chi connectivity index (χ0v) is 12.7. The van der Waals surface area contributed by atoms with Gasteiger partial charge in [-0.15, -0.1) is 0 Å². The number of nitrogens with one attached hydrogen (secondary N) is 1. The molecule has 0 aliphatic heterocycles. The second-order valence-corrected chi connectivity index (χ2v) is 5.88. The van der Waals surface area contributed by atoms with Crippen LogP contribution in [0.4, 0.5) is 4.39 Å². The first-order valence-corrected chi connectivity index (χ1v) is 7.50. The van der Waals surface area contributed by atoms with Crippen molar-refractivity contribution in [2.75, 3.05) is 13.7 Å². The van der Waals surface area contributed by atoms with Gasteiger partial charge in [-0.25, -0.2) is 4.39 Å². The van der Waals surface area contributed by atoms with Gasteiger partial charge in [-0.1, -0.05) is 13.8 Å². The molecular weight excluding hydrogens is 255 g/mol. The normalized spacial score (nSPS) is 28.3. The van der Waals surface area contributed by atoms with E-state index in [1.807, 2.05) is 0 Å². The third-order valence-corrected chi connectivity index (χ3v) is 4.52. The molecule has 0 amide bonds. The maximum atomic E-state index is 13.5.